The number of nitrogens with one attached hydrogen (secondary N) is 1. The Bertz CT molecular complexity index is 2010. The van der Waals surface area contributed by atoms with E-state index in [0.717, 1.165) is 39.6 Å². The molecule has 0 amide bonds. The van der Waals surface area contributed by atoms with Crippen LogP contribution in [0.5, 0.6) is 0 Å². The van der Waals surface area contributed by atoms with Crippen molar-refractivity contribution in [1.82, 2.24) is 29.5 Å². The Balaban J connectivity index is 0.000000201. The lowest BCUT2D eigenvalue weighted by molar-refractivity contribution is 0.0602. The molecule has 14 heteroatoms. The van der Waals surface area contributed by atoms with Gasteiger partial charge in [0.1, 0.15) is 18.5 Å². The van der Waals surface area contributed by atoms with Gasteiger partial charge in [0.15, 0.2) is 9.84 Å². The third-order valence-corrected chi connectivity index (χ3v) is 6.96. The first kappa shape index (κ1) is 29.7. The summed E-state index contributed by atoms with van der Waals surface area (Å²) in [5, 5.41) is 0.225. The zero-order valence-electron chi connectivity index (χ0n) is 23.2. The van der Waals surface area contributed by atoms with Gasteiger partial charge in [0, 0.05) is 47.9 Å². The molecular weight excluding hydrogens is 562 g/mol. The second kappa shape index (κ2) is 12.1. The van der Waals surface area contributed by atoms with Crippen LogP contribution in [0.15, 0.2) is 71.3 Å². The molecule has 0 saturated carbocycles. The Morgan fingerprint density at radius 3 is 1.95 bits per heavy atom. The van der Waals surface area contributed by atoms with Crippen LogP contribution in [0.25, 0.3) is 33.2 Å². The minimum absolute atomic E-state index is 0.225. The molecule has 2 aromatic carbocycles. The number of hydrogen-bond donors (Lipinski definition) is 2. The average molecular weight is 590 g/mol. The number of benzene rings is 2. The predicted molar refractivity (Wildman–Crippen MR) is 157 cm³/mol. The molecular formula is C28H27N7O6S. The van der Waals surface area contributed by atoms with Crippen molar-refractivity contribution in [2.75, 3.05) is 19.1 Å². The molecule has 0 fully saturated rings. The van der Waals surface area contributed by atoms with E-state index in [1.54, 1.807) is 49.1 Å². The van der Waals surface area contributed by atoms with Crippen LogP contribution in [0.2, 0.25) is 0 Å². The van der Waals surface area contributed by atoms with Gasteiger partial charge >= 0.3 is 11.7 Å². The fraction of sp³-hybridized carbons (Fsp3) is 0.179. The molecule has 0 unspecified atom stereocenters. The number of aryl methyl sites for hydroxylation is 2. The smallest absolute Gasteiger partial charge is 0.339 e. The molecule has 0 aliphatic carbocycles. The minimum atomic E-state index is -3.54. The summed E-state index contributed by atoms with van der Waals surface area (Å²) in [6.45, 7) is 3.75. The van der Waals surface area contributed by atoms with E-state index in [1.165, 1.54) is 19.8 Å². The van der Waals surface area contributed by atoms with Gasteiger partial charge in [-0.05, 0) is 60.4 Å². The van der Waals surface area contributed by atoms with Crippen LogP contribution >= 0.6 is 0 Å². The maximum atomic E-state index is 12.6. The van der Waals surface area contributed by atoms with E-state index in [1.807, 2.05) is 13.8 Å². The summed E-state index contributed by atoms with van der Waals surface area (Å²) >= 11 is 0. The number of carbonyl (C=O) groups excluding carboxylic acids is 1. The normalized spacial score (nSPS) is 11.0. The van der Waals surface area contributed by atoms with Crippen molar-refractivity contribution in [3.8, 4) is 22.3 Å². The fourth-order valence-corrected chi connectivity index (χ4v) is 4.98. The number of nitrogens with two attached hydrogens (primary N) is 1. The highest BCUT2D eigenvalue weighted by Crippen LogP contribution is 2.27. The van der Waals surface area contributed by atoms with Crippen LogP contribution in [-0.4, -0.2) is 57.2 Å². The number of esters is 1. The fourth-order valence-electron chi connectivity index (χ4n) is 4.28. The molecule has 0 saturated heterocycles. The SMILES string of the molecule is COC(=O)c1cc(-c2cncnc2)c(C)cc1N.Cc1cc2[nH]c(=O)n(CS(C)(=O)=O)c(=O)c2cc1-c1cncnc1. The Labute approximate surface area is 240 Å². The Kier molecular flexibility index (Phi) is 8.57. The maximum absolute atomic E-state index is 12.6. The molecule has 5 aromatic rings. The first-order chi connectivity index (χ1) is 19.9. The van der Waals surface area contributed by atoms with E-state index < -0.39 is 32.9 Å². The summed E-state index contributed by atoms with van der Waals surface area (Å²) < 4.78 is 28.3. The van der Waals surface area contributed by atoms with E-state index in [2.05, 4.69) is 24.9 Å². The second-order valence-electron chi connectivity index (χ2n) is 9.43. The molecule has 3 heterocycles. The summed E-state index contributed by atoms with van der Waals surface area (Å²) in [6.07, 6.45) is 10.4. The zero-order chi connectivity index (χ0) is 30.6. The molecule has 3 N–H and O–H groups in total. The summed E-state index contributed by atoms with van der Waals surface area (Å²) in [6, 6.07) is 6.73. The number of fused-ring (bicyclic) bond motifs is 1. The van der Waals surface area contributed by atoms with Crippen LogP contribution in [0.4, 0.5) is 5.69 Å². The lowest BCUT2D eigenvalue weighted by Crippen LogP contribution is -2.37. The van der Waals surface area contributed by atoms with Crippen LogP contribution in [0.1, 0.15) is 21.5 Å². The first-order valence-electron chi connectivity index (χ1n) is 12.3. The molecule has 216 valence electrons. The van der Waals surface area contributed by atoms with Crippen molar-refractivity contribution < 1.29 is 17.9 Å². The standard InChI is InChI=1S/C15H14N4O4S.C13H13N3O2/c1-9-3-13-12(4-11(9)10-5-16-7-17-6-10)14(20)19(15(21)18-13)8-24(2,22)23;1-8-3-12(14)11(13(17)18-2)4-10(8)9-5-15-7-16-6-9/h3-7H,8H2,1-2H3,(H,18,21);3-7H,14H2,1-2H3. The molecule has 0 bridgehead atoms. The number of nitrogens with zero attached hydrogens (tertiary/aromatic N) is 5. The van der Waals surface area contributed by atoms with Crippen molar-refractivity contribution in [2.24, 2.45) is 0 Å². The predicted octanol–water partition coefficient (Wildman–Crippen LogP) is 2.28. The number of methoxy groups -OCH3 is 1. The number of H-pyrrole nitrogens is 1. The summed E-state index contributed by atoms with van der Waals surface area (Å²) in [5.74, 6) is -1.13. The second-order valence-corrected chi connectivity index (χ2v) is 11.5. The van der Waals surface area contributed by atoms with Crippen molar-refractivity contribution in [2.45, 2.75) is 19.7 Å². The van der Waals surface area contributed by atoms with Crippen molar-refractivity contribution in [3.05, 3.63) is 99.2 Å². The first-order valence-corrected chi connectivity index (χ1v) is 14.4. The molecule has 0 atom stereocenters. The van der Waals surface area contributed by atoms with Gasteiger partial charge in [0.2, 0.25) is 0 Å². The number of hydrogen-bond acceptors (Lipinski definition) is 11. The quantitative estimate of drug-likeness (QED) is 0.226. The Hall–Kier alpha value is -5.24. The highest BCUT2D eigenvalue weighted by molar-refractivity contribution is 7.89. The third-order valence-electron chi connectivity index (χ3n) is 6.24. The van der Waals surface area contributed by atoms with Gasteiger partial charge in [-0.2, -0.15) is 0 Å². The Morgan fingerprint density at radius 2 is 1.43 bits per heavy atom. The van der Waals surface area contributed by atoms with Gasteiger partial charge in [-0.15, -0.1) is 0 Å². The topological polar surface area (TPSA) is 193 Å². The van der Waals surface area contributed by atoms with Crippen LogP contribution in [-0.2, 0) is 20.5 Å². The molecule has 0 spiro atoms. The van der Waals surface area contributed by atoms with E-state index in [9.17, 15) is 22.8 Å². The van der Waals surface area contributed by atoms with Gasteiger partial charge in [-0.25, -0.2) is 42.5 Å². The van der Waals surface area contributed by atoms with Crippen LogP contribution in [0.3, 0.4) is 0 Å². The third kappa shape index (κ3) is 6.55. The minimum Gasteiger partial charge on any atom is -0.465 e. The number of nitrogen functional groups attached to an aromatic ring is 1. The molecule has 13 nitrogen and oxygen atoms in total. The number of anilines is 1. The monoisotopic (exact) mass is 589 g/mol. The van der Waals surface area contributed by atoms with Crippen LogP contribution < -0.4 is 17.0 Å². The lowest BCUT2D eigenvalue weighted by Gasteiger charge is -2.10. The lowest BCUT2D eigenvalue weighted by atomic mass is 9.99. The van der Waals surface area contributed by atoms with E-state index in [-0.39, 0.29) is 5.39 Å². The molecule has 0 radical (unpaired) electrons. The molecule has 5 rings (SSSR count). The molecule has 3 aromatic heterocycles. The summed E-state index contributed by atoms with van der Waals surface area (Å²) in [5.41, 5.74) is 10.4. The molecule has 0 aliphatic heterocycles. The molecule has 0 aliphatic rings. The number of ether oxygens (including phenoxy) is 1. The number of aromatic nitrogens is 6. The highest BCUT2D eigenvalue weighted by atomic mass is 32.2. The highest BCUT2D eigenvalue weighted by Gasteiger charge is 2.15. The number of aromatic amines is 1. The van der Waals surface area contributed by atoms with Crippen molar-refractivity contribution in [3.63, 3.8) is 0 Å². The summed E-state index contributed by atoms with van der Waals surface area (Å²) in [4.78, 5) is 54.6. The van der Waals surface area contributed by atoms with Gasteiger partial charge in [0.05, 0.1) is 23.6 Å². The number of rotatable bonds is 5. The van der Waals surface area contributed by atoms with Gasteiger partial charge in [0.25, 0.3) is 5.56 Å². The van der Waals surface area contributed by atoms with Crippen LogP contribution in [0, 0.1) is 13.8 Å². The van der Waals surface area contributed by atoms with Crippen molar-refractivity contribution in [1.29, 1.82) is 0 Å². The number of carbonyl (C=O) groups is 1. The molecule has 42 heavy (non-hydrogen) atoms. The number of sulfone groups is 1. The van der Waals surface area contributed by atoms with E-state index in [0.29, 0.717) is 21.3 Å². The van der Waals surface area contributed by atoms with Gasteiger partial charge in [-0.1, -0.05) is 0 Å². The maximum Gasteiger partial charge on any atom is 0.339 e. The van der Waals surface area contributed by atoms with Gasteiger partial charge in [-0.3, -0.25) is 4.79 Å². The van der Waals surface area contributed by atoms with Gasteiger partial charge < -0.3 is 15.5 Å². The largest absolute Gasteiger partial charge is 0.465 e. The van der Waals surface area contributed by atoms with E-state index >= 15 is 0 Å². The average Bonchev–Trinajstić information content (AvgIpc) is 2.95. The summed E-state index contributed by atoms with van der Waals surface area (Å²) in [7, 11) is -2.21. The van der Waals surface area contributed by atoms with Crippen molar-refractivity contribution >= 4 is 32.4 Å². The zero-order valence-corrected chi connectivity index (χ0v) is 24.0. The Morgan fingerprint density at radius 1 is 0.905 bits per heavy atom. The van der Waals surface area contributed by atoms with E-state index in [4.69, 9.17) is 10.5 Å².